The van der Waals surface area contributed by atoms with Crippen molar-refractivity contribution in [1.82, 2.24) is 4.57 Å². The van der Waals surface area contributed by atoms with Crippen molar-refractivity contribution in [3.63, 3.8) is 0 Å². The van der Waals surface area contributed by atoms with E-state index in [9.17, 15) is 4.79 Å². The van der Waals surface area contributed by atoms with Crippen LogP contribution in [0.25, 0.3) is 10.9 Å². The van der Waals surface area contributed by atoms with Gasteiger partial charge in [-0.25, -0.2) is 0 Å². The van der Waals surface area contributed by atoms with Crippen molar-refractivity contribution in [2.75, 3.05) is 5.43 Å². The third kappa shape index (κ3) is 2.43. The van der Waals surface area contributed by atoms with Crippen LogP contribution in [0.5, 0.6) is 0 Å². The summed E-state index contributed by atoms with van der Waals surface area (Å²) in [5, 5.41) is 21.6. The van der Waals surface area contributed by atoms with Crippen LogP contribution in [0, 0.1) is 22.7 Å². The van der Waals surface area contributed by atoms with E-state index in [1.165, 1.54) is 6.07 Å². The molecule has 0 atom stereocenters. The lowest BCUT2D eigenvalue weighted by Gasteiger charge is -2.06. The Bertz CT molecular complexity index is 788. The van der Waals surface area contributed by atoms with Gasteiger partial charge in [-0.1, -0.05) is 0 Å². The molecule has 2 rings (SSSR count). The molecule has 0 saturated carbocycles. The minimum atomic E-state index is -0.249. The predicted octanol–water partition coefficient (Wildman–Crippen LogP) is 1.35. The molecule has 0 aliphatic carbocycles. The third-order valence-corrected chi connectivity index (χ3v) is 2.63. The number of nitriles is 2. The van der Waals surface area contributed by atoms with Crippen LogP contribution in [0.3, 0.4) is 0 Å². The fourth-order valence-corrected chi connectivity index (χ4v) is 1.65. The van der Waals surface area contributed by atoms with Crippen molar-refractivity contribution >= 4 is 22.3 Å². The number of hydrogen-bond acceptors (Lipinski definition) is 5. The van der Waals surface area contributed by atoms with Gasteiger partial charge in [0.15, 0.2) is 0 Å². The van der Waals surface area contributed by atoms with E-state index in [2.05, 4.69) is 10.5 Å². The lowest BCUT2D eigenvalue weighted by molar-refractivity contribution is 0.906. The Labute approximate surface area is 108 Å². The second-order valence-electron chi connectivity index (χ2n) is 3.80. The van der Waals surface area contributed by atoms with E-state index in [4.69, 9.17) is 10.5 Å². The SMILES string of the molecule is Cn1c(=O)ccc2cc(NN=C(C#N)C#N)ccc21. The van der Waals surface area contributed by atoms with Gasteiger partial charge in [-0.3, -0.25) is 10.2 Å². The summed E-state index contributed by atoms with van der Waals surface area (Å²) in [7, 11) is 1.69. The fourth-order valence-electron chi connectivity index (χ4n) is 1.65. The first-order valence-corrected chi connectivity index (χ1v) is 5.39. The van der Waals surface area contributed by atoms with E-state index < -0.39 is 0 Å². The number of aromatic nitrogens is 1. The molecule has 0 saturated heterocycles. The van der Waals surface area contributed by atoms with Gasteiger partial charge in [0.05, 0.1) is 11.2 Å². The second-order valence-corrected chi connectivity index (χ2v) is 3.80. The van der Waals surface area contributed by atoms with Gasteiger partial charge in [0.25, 0.3) is 5.56 Å². The summed E-state index contributed by atoms with van der Waals surface area (Å²) in [4.78, 5) is 11.5. The molecule has 92 valence electrons. The monoisotopic (exact) mass is 251 g/mol. The van der Waals surface area contributed by atoms with Crippen molar-refractivity contribution < 1.29 is 0 Å². The molecule has 0 aliphatic rings. The summed E-state index contributed by atoms with van der Waals surface area (Å²) in [6.07, 6.45) is 0. The van der Waals surface area contributed by atoms with Gasteiger partial charge >= 0.3 is 0 Å². The molecule has 1 aromatic carbocycles. The molecule has 0 fully saturated rings. The molecule has 0 radical (unpaired) electrons. The average molecular weight is 251 g/mol. The van der Waals surface area contributed by atoms with Crippen molar-refractivity contribution in [2.45, 2.75) is 0 Å². The lowest BCUT2D eigenvalue weighted by Crippen LogP contribution is -2.14. The Kier molecular flexibility index (Phi) is 3.26. The van der Waals surface area contributed by atoms with Crippen LogP contribution in [0.4, 0.5) is 5.69 Å². The quantitative estimate of drug-likeness (QED) is 0.644. The first-order valence-electron chi connectivity index (χ1n) is 5.39. The Morgan fingerprint density at radius 3 is 2.68 bits per heavy atom. The highest BCUT2D eigenvalue weighted by atomic mass is 16.1. The van der Waals surface area contributed by atoms with Gasteiger partial charge in [-0.2, -0.15) is 15.6 Å². The molecular formula is C13H9N5O. The van der Waals surface area contributed by atoms with Crippen LogP contribution in [-0.4, -0.2) is 10.3 Å². The van der Waals surface area contributed by atoms with E-state index in [1.807, 2.05) is 0 Å². The number of aryl methyl sites for hydroxylation is 1. The van der Waals surface area contributed by atoms with Crippen molar-refractivity contribution in [3.05, 3.63) is 40.7 Å². The van der Waals surface area contributed by atoms with E-state index >= 15 is 0 Å². The highest BCUT2D eigenvalue weighted by Gasteiger charge is 2.00. The molecule has 0 aliphatic heterocycles. The molecule has 6 heteroatoms. The topological polar surface area (TPSA) is 94.0 Å². The van der Waals surface area contributed by atoms with Gasteiger partial charge in [0, 0.05) is 18.5 Å². The largest absolute Gasteiger partial charge is 0.311 e. The second kappa shape index (κ2) is 5.03. The Morgan fingerprint density at radius 1 is 1.26 bits per heavy atom. The van der Waals surface area contributed by atoms with Crippen LogP contribution in [-0.2, 0) is 7.05 Å². The molecule has 1 heterocycles. The maximum atomic E-state index is 11.5. The molecule has 0 unspecified atom stereocenters. The Balaban J connectivity index is 2.42. The van der Waals surface area contributed by atoms with Gasteiger partial charge < -0.3 is 4.57 Å². The summed E-state index contributed by atoms with van der Waals surface area (Å²) in [6, 6.07) is 11.8. The van der Waals surface area contributed by atoms with Crippen molar-refractivity contribution in [3.8, 4) is 12.1 Å². The van der Waals surface area contributed by atoms with Gasteiger partial charge in [0.2, 0.25) is 5.71 Å². The van der Waals surface area contributed by atoms with Crippen molar-refractivity contribution in [2.24, 2.45) is 12.1 Å². The first-order chi connectivity index (χ1) is 9.15. The number of pyridine rings is 1. The number of nitrogens with one attached hydrogen (secondary N) is 1. The molecule has 2 aromatic rings. The number of benzene rings is 1. The number of anilines is 1. The Morgan fingerprint density at radius 2 is 2.00 bits per heavy atom. The van der Waals surface area contributed by atoms with Crippen LogP contribution in [0.15, 0.2) is 40.2 Å². The van der Waals surface area contributed by atoms with Gasteiger partial charge in [-0.15, -0.1) is 0 Å². The van der Waals surface area contributed by atoms with E-state index in [1.54, 1.807) is 48.0 Å². The van der Waals surface area contributed by atoms with Gasteiger partial charge in [-0.05, 0) is 24.3 Å². The van der Waals surface area contributed by atoms with E-state index in [0.717, 1.165) is 10.9 Å². The maximum absolute atomic E-state index is 11.5. The molecule has 0 bridgehead atoms. The molecule has 0 amide bonds. The summed E-state index contributed by atoms with van der Waals surface area (Å²) in [5.41, 5.74) is 3.73. The number of rotatable bonds is 2. The number of hydrogen-bond donors (Lipinski definition) is 1. The van der Waals surface area contributed by atoms with Crippen molar-refractivity contribution in [1.29, 1.82) is 10.5 Å². The molecule has 1 N–H and O–H groups in total. The van der Waals surface area contributed by atoms with E-state index in [-0.39, 0.29) is 11.3 Å². The third-order valence-electron chi connectivity index (χ3n) is 2.63. The van der Waals surface area contributed by atoms with Gasteiger partial charge in [0.1, 0.15) is 12.1 Å². The summed E-state index contributed by atoms with van der Waals surface area (Å²) >= 11 is 0. The summed E-state index contributed by atoms with van der Waals surface area (Å²) < 4.78 is 1.54. The zero-order chi connectivity index (χ0) is 13.8. The van der Waals surface area contributed by atoms with Crippen LogP contribution >= 0.6 is 0 Å². The van der Waals surface area contributed by atoms with E-state index in [0.29, 0.717) is 5.69 Å². The minimum Gasteiger partial charge on any atom is -0.311 e. The normalized spacial score (nSPS) is 9.42. The molecule has 0 spiro atoms. The molecule has 19 heavy (non-hydrogen) atoms. The smallest absolute Gasteiger partial charge is 0.250 e. The molecule has 1 aromatic heterocycles. The average Bonchev–Trinajstić information content (AvgIpc) is 2.44. The first kappa shape index (κ1) is 12.3. The standard InChI is InChI=1S/C13H9N5O/c1-18-12-4-3-10(16-17-11(7-14)8-15)6-9(12)2-5-13(18)19/h2-6,16H,1H3. The number of hydrazone groups is 1. The summed E-state index contributed by atoms with van der Waals surface area (Å²) in [5.74, 6) is 0. The molecular weight excluding hydrogens is 242 g/mol. The maximum Gasteiger partial charge on any atom is 0.250 e. The summed E-state index contributed by atoms with van der Waals surface area (Å²) in [6.45, 7) is 0. The van der Waals surface area contributed by atoms with Crippen LogP contribution in [0.1, 0.15) is 0 Å². The van der Waals surface area contributed by atoms with Crippen LogP contribution in [0.2, 0.25) is 0 Å². The molecule has 6 nitrogen and oxygen atoms in total. The predicted molar refractivity (Wildman–Crippen MR) is 71.5 cm³/mol. The van der Waals surface area contributed by atoms with Crippen LogP contribution < -0.4 is 11.0 Å². The highest BCUT2D eigenvalue weighted by Crippen LogP contribution is 2.17. The zero-order valence-electron chi connectivity index (χ0n) is 10.1. The lowest BCUT2D eigenvalue weighted by atomic mass is 10.2. The zero-order valence-corrected chi connectivity index (χ0v) is 10.1. The highest BCUT2D eigenvalue weighted by molar-refractivity contribution is 6.10. The number of fused-ring (bicyclic) bond motifs is 1. The number of nitrogens with zero attached hydrogens (tertiary/aromatic N) is 4. The fraction of sp³-hybridized carbons (Fsp3) is 0.0769. The Hall–Kier alpha value is -3.12. The minimum absolute atomic E-state index is 0.0810.